The average Bonchev–Trinajstić information content (AvgIpc) is 3.43. The van der Waals surface area contributed by atoms with Crippen LogP contribution in [0.15, 0.2) is 97.1 Å². The summed E-state index contributed by atoms with van der Waals surface area (Å²) in [5.41, 5.74) is 7.47. The molecule has 0 saturated heterocycles. The number of pyridine rings is 1. The molecule has 0 amide bonds. The van der Waals surface area contributed by atoms with E-state index in [4.69, 9.17) is 24.2 Å². The van der Waals surface area contributed by atoms with Crippen molar-refractivity contribution in [3.63, 3.8) is 0 Å². The van der Waals surface area contributed by atoms with Gasteiger partial charge in [-0.2, -0.15) is 0 Å². The van der Waals surface area contributed by atoms with Gasteiger partial charge < -0.3 is 23.9 Å². The molecule has 2 heterocycles. The summed E-state index contributed by atoms with van der Waals surface area (Å²) in [6, 6.07) is 29.6. The van der Waals surface area contributed by atoms with Crippen LogP contribution in [0.2, 0.25) is 0 Å². The number of aromatic carboxylic acids is 1. The lowest BCUT2D eigenvalue weighted by atomic mass is 9.94. The normalized spacial score (nSPS) is 11.1. The van der Waals surface area contributed by atoms with Gasteiger partial charge in [-0.3, -0.25) is 0 Å². The van der Waals surface area contributed by atoms with E-state index in [0.29, 0.717) is 42.2 Å². The third-order valence-corrected chi connectivity index (χ3v) is 8.04. The van der Waals surface area contributed by atoms with Gasteiger partial charge >= 0.3 is 5.97 Å². The van der Waals surface area contributed by atoms with Crippen LogP contribution in [-0.4, -0.2) is 46.4 Å². The maximum atomic E-state index is 14.4. The minimum Gasteiger partial charge on any atom is -0.497 e. The third-order valence-electron chi connectivity index (χ3n) is 8.04. The third kappa shape index (κ3) is 7.00. The van der Waals surface area contributed by atoms with Crippen LogP contribution in [0.3, 0.4) is 0 Å². The number of aromatic nitrogens is 3. The van der Waals surface area contributed by atoms with Crippen molar-refractivity contribution in [3.8, 4) is 34.0 Å². The summed E-state index contributed by atoms with van der Waals surface area (Å²) in [4.78, 5) is 21.4. The minimum absolute atomic E-state index is 0.0641. The molecule has 0 radical (unpaired) electrons. The van der Waals surface area contributed by atoms with Gasteiger partial charge in [-0.15, -0.1) is 0 Å². The molecule has 0 aliphatic carbocycles. The maximum absolute atomic E-state index is 14.4. The molecule has 2 aromatic heterocycles. The van der Waals surface area contributed by atoms with Gasteiger partial charge in [-0.1, -0.05) is 42.5 Å². The highest BCUT2D eigenvalue weighted by molar-refractivity contribution is 5.92. The number of carboxylic acids is 1. The molecule has 8 nitrogen and oxygen atoms in total. The summed E-state index contributed by atoms with van der Waals surface area (Å²) < 4.78 is 33.2. The standard InChI is InChI=1S/C38H34FN3O5/c1-24-10-11-29(32(39)18-24)23-47-37-9-5-8-33(41-37)27-13-12-26(31(20-27)25-6-4-7-30(19-25)46-3)22-36-40-34-15-14-28(38(43)44)21-35(34)42(36)16-17-45-2/h4-15,18-21H,16-17,22-23H2,1-3H3,(H,43,44). The van der Waals surface area contributed by atoms with Crippen LogP contribution in [0, 0.1) is 12.7 Å². The lowest BCUT2D eigenvalue weighted by Gasteiger charge is -2.15. The summed E-state index contributed by atoms with van der Waals surface area (Å²) in [5.74, 6) is 0.603. The number of hydrogen-bond acceptors (Lipinski definition) is 6. The summed E-state index contributed by atoms with van der Waals surface area (Å²) in [5, 5.41) is 9.61. The Morgan fingerprint density at radius 3 is 2.49 bits per heavy atom. The fourth-order valence-corrected chi connectivity index (χ4v) is 5.57. The highest BCUT2D eigenvalue weighted by Crippen LogP contribution is 2.33. The van der Waals surface area contributed by atoms with Gasteiger partial charge in [-0.05, 0) is 77.7 Å². The molecule has 0 saturated carbocycles. The first-order valence-electron chi connectivity index (χ1n) is 15.2. The van der Waals surface area contributed by atoms with E-state index < -0.39 is 5.97 Å². The number of nitrogens with zero attached hydrogens (tertiary/aromatic N) is 3. The van der Waals surface area contributed by atoms with E-state index in [1.165, 1.54) is 6.07 Å². The number of hydrogen-bond donors (Lipinski definition) is 1. The second-order valence-electron chi connectivity index (χ2n) is 11.2. The van der Waals surface area contributed by atoms with Crippen molar-refractivity contribution in [1.82, 2.24) is 14.5 Å². The Kier molecular flexibility index (Phi) is 9.26. The van der Waals surface area contributed by atoms with E-state index in [-0.39, 0.29) is 18.0 Å². The number of carbonyl (C=O) groups is 1. The molecule has 0 atom stereocenters. The van der Waals surface area contributed by atoms with Gasteiger partial charge in [0.1, 0.15) is 24.0 Å². The fraction of sp³-hybridized carbons (Fsp3) is 0.184. The summed E-state index contributed by atoms with van der Waals surface area (Å²) in [6.07, 6.45) is 0.478. The van der Waals surface area contributed by atoms with E-state index in [9.17, 15) is 14.3 Å². The summed E-state index contributed by atoms with van der Waals surface area (Å²) >= 11 is 0. The average molecular weight is 632 g/mol. The number of fused-ring (bicyclic) bond motifs is 1. The number of aryl methyl sites for hydroxylation is 1. The Hall–Kier alpha value is -5.54. The molecule has 9 heteroatoms. The molecule has 0 aliphatic rings. The number of ether oxygens (including phenoxy) is 3. The van der Waals surface area contributed by atoms with Crippen molar-refractivity contribution in [3.05, 3.63) is 131 Å². The SMILES string of the molecule is COCCn1c(Cc2ccc(-c3cccc(OCc4ccc(C)cc4F)n3)cc2-c2cccc(OC)c2)nc2ccc(C(=O)O)cc21. The van der Waals surface area contributed by atoms with E-state index in [1.807, 2.05) is 60.0 Å². The summed E-state index contributed by atoms with van der Waals surface area (Å²) in [7, 11) is 3.27. The largest absolute Gasteiger partial charge is 0.497 e. The molecule has 0 spiro atoms. The topological polar surface area (TPSA) is 95.7 Å². The second kappa shape index (κ2) is 13.8. The Balaban J connectivity index is 1.38. The van der Waals surface area contributed by atoms with E-state index in [0.717, 1.165) is 44.9 Å². The van der Waals surface area contributed by atoms with Gasteiger partial charge in [-0.25, -0.2) is 19.2 Å². The minimum atomic E-state index is -0.991. The van der Waals surface area contributed by atoms with Crippen molar-refractivity contribution in [2.24, 2.45) is 0 Å². The molecule has 0 bridgehead atoms. The molecular weight excluding hydrogens is 597 g/mol. The van der Waals surface area contributed by atoms with E-state index in [2.05, 4.69) is 12.1 Å². The van der Waals surface area contributed by atoms with Crippen molar-refractivity contribution in [2.45, 2.75) is 26.5 Å². The van der Waals surface area contributed by atoms with Crippen LogP contribution in [0.4, 0.5) is 4.39 Å². The van der Waals surface area contributed by atoms with Gasteiger partial charge in [0.2, 0.25) is 5.88 Å². The molecule has 238 valence electrons. The number of carboxylic acid groups (broad SMARTS) is 1. The molecule has 1 N–H and O–H groups in total. The summed E-state index contributed by atoms with van der Waals surface area (Å²) in [6.45, 7) is 2.87. The zero-order valence-corrected chi connectivity index (χ0v) is 26.4. The Bertz CT molecular complexity index is 2070. The van der Waals surface area contributed by atoms with Gasteiger partial charge in [0, 0.05) is 37.3 Å². The maximum Gasteiger partial charge on any atom is 0.335 e. The van der Waals surface area contributed by atoms with Crippen molar-refractivity contribution >= 4 is 17.0 Å². The molecule has 0 fully saturated rings. The number of benzene rings is 4. The predicted molar refractivity (Wildman–Crippen MR) is 179 cm³/mol. The lowest BCUT2D eigenvalue weighted by Crippen LogP contribution is -2.10. The molecular formula is C38H34FN3O5. The van der Waals surface area contributed by atoms with Crippen molar-refractivity contribution < 1.29 is 28.5 Å². The number of imidazole rings is 1. The Morgan fingerprint density at radius 1 is 0.872 bits per heavy atom. The number of halogens is 1. The first-order chi connectivity index (χ1) is 22.8. The van der Waals surface area contributed by atoms with E-state index in [1.54, 1.807) is 44.6 Å². The zero-order chi connectivity index (χ0) is 32.9. The number of methoxy groups -OCH3 is 2. The smallest absolute Gasteiger partial charge is 0.335 e. The van der Waals surface area contributed by atoms with Gasteiger partial charge in [0.05, 0.1) is 36.0 Å². The first kappa shape index (κ1) is 31.4. The van der Waals surface area contributed by atoms with Crippen molar-refractivity contribution in [2.75, 3.05) is 20.8 Å². The molecule has 0 aliphatic heterocycles. The zero-order valence-electron chi connectivity index (χ0n) is 26.4. The quantitative estimate of drug-likeness (QED) is 0.148. The molecule has 47 heavy (non-hydrogen) atoms. The van der Waals surface area contributed by atoms with E-state index >= 15 is 0 Å². The first-order valence-corrected chi connectivity index (χ1v) is 15.2. The van der Waals surface area contributed by atoms with Gasteiger partial charge in [0.25, 0.3) is 0 Å². The van der Waals surface area contributed by atoms with Crippen LogP contribution in [0.1, 0.15) is 32.9 Å². The molecule has 6 aromatic rings. The monoisotopic (exact) mass is 631 g/mol. The van der Waals surface area contributed by atoms with Crippen molar-refractivity contribution in [1.29, 1.82) is 0 Å². The predicted octanol–water partition coefficient (Wildman–Crippen LogP) is 7.74. The lowest BCUT2D eigenvalue weighted by molar-refractivity contribution is 0.0697. The highest BCUT2D eigenvalue weighted by atomic mass is 19.1. The Labute approximate surface area is 272 Å². The molecule has 0 unspecified atom stereocenters. The number of rotatable bonds is 12. The Morgan fingerprint density at radius 2 is 1.70 bits per heavy atom. The molecule has 6 rings (SSSR count). The van der Waals surface area contributed by atoms with Crippen LogP contribution in [-0.2, 0) is 24.3 Å². The second-order valence-corrected chi connectivity index (χ2v) is 11.2. The van der Waals surface area contributed by atoms with Gasteiger partial charge in [0.15, 0.2) is 0 Å². The van der Waals surface area contributed by atoms with Crippen LogP contribution in [0.25, 0.3) is 33.4 Å². The van der Waals surface area contributed by atoms with Crippen LogP contribution >= 0.6 is 0 Å². The molecule has 4 aromatic carbocycles. The highest BCUT2D eigenvalue weighted by Gasteiger charge is 2.17. The van der Waals surface area contributed by atoms with Crippen LogP contribution in [0.5, 0.6) is 11.6 Å². The fourth-order valence-electron chi connectivity index (χ4n) is 5.57. The van der Waals surface area contributed by atoms with Crippen LogP contribution < -0.4 is 9.47 Å².